The van der Waals surface area contributed by atoms with Gasteiger partial charge >= 0.3 is 5.69 Å². The molecule has 0 unspecified atom stereocenters. The second-order valence-electron chi connectivity index (χ2n) is 5.09. The number of nitrogens with one attached hydrogen (secondary N) is 3. The van der Waals surface area contributed by atoms with Crippen molar-refractivity contribution < 1.29 is 4.74 Å². The van der Waals surface area contributed by atoms with E-state index in [1.807, 2.05) is 13.0 Å². The standard InChI is InChI=1S/C13H18N6O2/c1-8-15-10(9-3-5-21-7-9)6-12(16-8)14-4-2-11-17-13(20)19-18-11/h6,9H,2-5,7H2,1H3,(H,14,15,16)(H2,17,18,19,20)/t9-/m1/s1. The molecule has 1 atom stereocenters. The molecule has 1 aliphatic heterocycles. The van der Waals surface area contributed by atoms with Crippen LogP contribution in [0.25, 0.3) is 0 Å². The number of aromatic nitrogens is 5. The van der Waals surface area contributed by atoms with E-state index in [2.05, 4.69) is 30.5 Å². The fraction of sp³-hybridized carbons (Fsp3) is 0.538. The molecule has 0 spiro atoms. The zero-order chi connectivity index (χ0) is 14.7. The van der Waals surface area contributed by atoms with Crippen molar-refractivity contribution in [1.29, 1.82) is 0 Å². The molecule has 0 saturated carbocycles. The van der Waals surface area contributed by atoms with Crippen molar-refractivity contribution in [2.45, 2.75) is 25.7 Å². The molecule has 2 aromatic heterocycles. The van der Waals surface area contributed by atoms with Crippen LogP contribution in [-0.2, 0) is 11.2 Å². The van der Waals surface area contributed by atoms with Crippen LogP contribution in [0.2, 0.25) is 0 Å². The first kappa shape index (κ1) is 13.7. The topological polar surface area (TPSA) is 109 Å². The highest BCUT2D eigenvalue weighted by Crippen LogP contribution is 2.24. The molecule has 1 aliphatic rings. The lowest BCUT2D eigenvalue weighted by Gasteiger charge is -2.11. The Bertz CT molecular complexity index is 659. The minimum atomic E-state index is -0.286. The van der Waals surface area contributed by atoms with E-state index in [0.29, 0.717) is 24.7 Å². The Morgan fingerprint density at radius 1 is 1.48 bits per heavy atom. The molecule has 8 nitrogen and oxygen atoms in total. The summed E-state index contributed by atoms with van der Waals surface area (Å²) < 4.78 is 5.41. The molecule has 3 rings (SSSR count). The summed E-state index contributed by atoms with van der Waals surface area (Å²) in [5.41, 5.74) is 0.738. The number of nitrogens with zero attached hydrogens (tertiary/aromatic N) is 3. The van der Waals surface area contributed by atoms with E-state index in [1.165, 1.54) is 0 Å². The number of anilines is 1. The molecule has 8 heteroatoms. The SMILES string of the molecule is Cc1nc(NCCc2n[nH]c(=O)[nH]2)cc([C@@H]2CCOC2)n1. The van der Waals surface area contributed by atoms with Crippen LogP contribution in [0.1, 0.15) is 29.7 Å². The summed E-state index contributed by atoms with van der Waals surface area (Å²) in [6.45, 7) is 4.04. The Morgan fingerprint density at radius 3 is 3.10 bits per heavy atom. The second-order valence-corrected chi connectivity index (χ2v) is 5.09. The first-order chi connectivity index (χ1) is 10.2. The molecule has 1 saturated heterocycles. The van der Waals surface area contributed by atoms with E-state index >= 15 is 0 Å². The van der Waals surface area contributed by atoms with Crippen LogP contribution in [0.5, 0.6) is 0 Å². The molecule has 0 radical (unpaired) electrons. The van der Waals surface area contributed by atoms with Crippen LogP contribution >= 0.6 is 0 Å². The third-order valence-corrected chi connectivity index (χ3v) is 3.42. The summed E-state index contributed by atoms with van der Waals surface area (Å²) in [5.74, 6) is 2.52. The van der Waals surface area contributed by atoms with Crippen molar-refractivity contribution in [3.05, 3.63) is 33.9 Å². The highest BCUT2D eigenvalue weighted by Gasteiger charge is 2.20. The van der Waals surface area contributed by atoms with Gasteiger partial charge in [-0.05, 0) is 13.3 Å². The van der Waals surface area contributed by atoms with Gasteiger partial charge in [-0.2, -0.15) is 5.10 Å². The van der Waals surface area contributed by atoms with E-state index < -0.39 is 0 Å². The molecule has 0 bridgehead atoms. The predicted octanol–water partition coefficient (Wildman–Crippen LogP) is 0.355. The highest BCUT2D eigenvalue weighted by molar-refractivity contribution is 5.37. The zero-order valence-corrected chi connectivity index (χ0v) is 11.8. The number of ether oxygens (including phenoxy) is 1. The molecule has 0 aliphatic carbocycles. The Hall–Kier alpha value is -2.22. The fourth-order valence-corrected chi connectivity index (χ4v) is 2.39. The third-order valence-electron chi connectivity index (χ3n) is 3.42. The number of hydrogen-bond donors (Lipinski definition) is 3. The first-order valence-electron chi connectivity index (χ1n) is 7.01. The van der Waals surface area contributed by atoms with Gasteiger partial charge in [0.25, 0.3) is 0 Å². The van der Waals surface area contributed by atoms with Gasteiger partial charge in [-0.25, -0.2) is 19.9 Å². The average molecular weight is 290 g/mol. The number of rotatable bonds is 5. The summed E-state index contributed by atoms with van der Waals surface area (Å²) in [5, 5.41) is 9.45. The average Bonchev–Trinajstić information content (AvgIpc) is 3.10. The summed E-state index contributed by atoms with van der Waals surface area (Å²) >= 11 is 0. The van der Waals surface area contributed by atoms with Gasteiger partial charge in [0.15, 0.2) is 0 Å². The van der Waals surface area contributed by atoms with E-state index in [0.717, 1.165) is 37.0 Å². The maximum atomic E-state index is 10.9. The van der Waals surface area contributed by atoms with Crippen molar-refractivity contribution in [2.24, 2.45) is 0 Å². The summed E-state index contributed by atoms with van der Waals surface area (Å²) in [6.07, 6.45) is 1.62. The molecule has 21 heavy (non-hydrogen) atoms. The van der Waals surface area contributed by atoms with Crippen molar-refractivity contribution in [1.82, 2.24) is 25.1 Å². The van der Waals surface area contributed by atoms with Crippen LogP contribution in [0.4, 0.5) is 5.82 Å². The lowest BCUT2D eigenvalue weighted by Crippen LogP contribution is -2.11. The maximum absolute atomic E-state index is 10.9. The van der Waals surface area contributed by atoms with E-state index in [4.69, 9.17) is 4.74 Å². The van der Waals surface area contributed by atoms with Gasteiger partial charge in [-0.15, -0.1) is 0 Å². The molecule has 0 aromatic carbocycles. The predicted molar refractivity (Wildman–Crippen MR) is 76.3 cm³/mol. The van der Waals surface area contributed by atoms with Crippen molar-refractivity contribution in [3.8, 4) is 0 Å². The van der Waals surface area contributed by atoms with Crippen molar-refractivity contribution in [3.63, 3.8) is 0 Å². The minimum absolute atomic E-state index is 0.286. The van der Waals surface area contributed by atoms with Gasteiger partial charge < -0.3 is 10.1 Å². The molecule has 0 amide bonds. The molecule has 1 fully saturated rings. The van der Waals surface area contributed by atoms with Crippen LogP contribution < -0.4 is 11.0 Å². The molecular formula is C13H18N6O2. The van der Waals surface area contributed by atoms with Gasteiger partial charge in [0.2, 0.25) is 0 Å². The first-order valence-corrected chi connectivity index (χ1v) is 7.01. The van der Waals surface area contributed by atoms with Gasteiger partial charge in [-0.3, -0.25) is 4.98 Å². The monoisotopic (exact) mass is 290 g/mol. The van der Waals surface area contributed by atoms with Crippen LogP contribution in [0.3, 0.4) is 0 Å². The highest BCUT2D eigenvalue weighted by atomic mass is 16.5. The molecule has 3 heterocycles. The van der Waals surface area contributed by atoms with E-state index in [-0.39, 0.29) is 5.69 Å². The summed E-state index contributed by atoms with van der Waals surface area (Å²) in [4.78, 5) is 22.4. The van der Waals surface area contributed by atoms with Gasteiger partial charge in [0.05, 0.1) is 12.3 Å². The molecular weight excluding hydrogens is 272 g/mol. The van der Waals surface area contributed by atoms with Crippen molar-refractivity contribution in [2.75, 3.05) is 25.1 Å². The summed E-state index contributed by atoms with van der Waals surface area (Å²) in [6, 6.07) is 1.97. The van der Waals surface area contributed by atoms with Crippen LogP contribution in [-0.4, -0.2) is 44.9 Å². The number of aryl methyl sites for hydroxylation is 1. The van der Waals surface area contributed by atoms with Gasteiger partial charge in [-0.1, -0.05) is 0 Å². The molecule has 112 valence electrons. The normalized spacial score (nSPS) is 18.0. The number of H-pyrrole nitrogens is 2. The van der Waals surface area contributed by atoms with Gasteiger partial charge in [0, 0.05) is 31.6 Å². The minimum Gasteiger partial charge on any atom is -0.381 e. The Morgan fingerprint density at radius 2 is 2.38 bits per heavy atom. The quantitative estimate of drug-likeness (QED) is 0.733. The Labute approximate surface area is 121 Å². The summed E-state index contributed by atoms with van der Waals surface area (Å²) in [7, 11) is 0. The number of aromatic amines is 2. The van der Waals surface area contributed by atoms with E-state index in [9.17, 15) is 4.79 Å². The Kier molecular flexibility index (Phi) is 3.96. The lowest BCUT2D eigenvalue weighted by molar-refractivity contribution is 0.193. The third kappa shape index (κ3) is 3.46. The molecule has 3 N–H and O–H groups in total. The largest absolute Gasteiger partial charge is 0.381 e. The number of hydrogen-bond acceptors (Lipinski definition) is 6. The Balaban J connectivity index is 1.63. The van der Waals surface area contributed by atoms with E-state index in [1.54, 1.807) is 0 Å². The zero-order valence-electron chi connectivity index (χ0n) is 11.8. The second kappa shape index (κ2) is 6.04. The van der Waals surface area contributed by atoms with Crippen LogP contribution in [0, 0.1) is 6.92 Å². The maximum Gasteiger partial charge on any atom is 0.340 e. The van der Waals surface area contributed by atoms with Crippen molar-refractivity contribution >= 4 is 5.82 Å². The van der Waals surface area contributed by atoms with Gasteiger partial charge in [0.1, 0.15) is 17.5 Å². The molecule has 2 aromatic rings. The lowest BCUT2D eigenvalue weighted by atomic mass is 10.0. The smallest absolute Gasteiger partial charge is 0.340 e. The van der Waals surface area contributed by atoms with Crippen LogP contribution in [0.15, 0.2) is 10.9 Å². The fourth-order valence-electron chi connectivity index (χ4n) is 2.39.